The number of aliphatic carboxylic acids is 1. The molecule has 0 bridgehead atoms. The van der Waals surface area contributed by atoms with Crippen molar-refractivity contribution in [3.8, 4) is 0 Å². The molecule has 3 N–H and O–H groups in total. The molecule has 1 aliphatic rings. The lowest BCUT2D eigenvalue weighted by Crippen LogP contribution is -2.61. The maximum absolute atomic E-state index is 13.2. The van der Waals surface area contributed by atoms with E-state index in [1.807, 2.05) is 6.08 Å². The molecule has 0 saturated carbocycles. The fourth-order valence-corrected chi connectivity index (χ4v) is 9.10. The summed E-state index contributed by atoms with van der Waals surface area (Å²) in [6, 6.07) is 0. The molecule has 0 aliphatic carbocycles. The molecule has 0 aromatic carbocycles. The predicted molar refractivity (Wildman–Crippen MR) is 340 cm³/mol. The second kappa shape index (κ2) is 57.5. The van der Waals surface area contributed by atoms with E-state index in [1.54, 1.807) is 0 Å². The van der Waals surface area contributed by atoms with Crippen molar-refractivity contribution in [1.29, 1.82) is 0 Å². The van der Waals surface area contributed by atoms with E-state index >= 15 is 0 Å². The summed E-state index contributed by atoms with van der Waals surface area (Å²) in [6.07, 6.45) is 67.3. The number of allylic oxidation sites excluding steroid dienone is 20. The Morgan fingerprint density at radius 3 is 1.19 bits per heavy atom. The first-order valence-electron chi connectivity index (χ1n) is 32.5. The van der Waals surface area contributed by atoms with Crippen molar-refractivity contribution in [2.24, 2.45) is 0 Å². The zero-order valence-electron chi connectivity index (χ0n) is 51.9. The van der Waals surface area contributed by atoms with Gasteiger partial charge in [-0.2, -0.15) is 0 Å². The van der Waals surface area contributed by atoms with Crippen molar-refractivity contribution >= 4 is 23.9 Å². The predicted octanol–water partition coefficient (Wildman–Crippen LogP) is 17.6. The molecule has 6 atom stereocenters. The van der Waals surface area contributed by atoms with E-state index < -0.39 is 67.3 Å². The SMILES string of the molecule is CC/C=C\C/C=C\C/C=C\C/C=C\C/C=C\CCCC(=O)OCC(COC1OC(C(=O)O)C(O)C(O)C1OC(=O)CCCCCCCCCCC/C=C\C/C=C\CCCCC)OC(=O)CCCCCCCCC/C=C\C/C=C\C/C=C\CC. The highest BCUT2D eigenvalue weighted by molar-refractivity contribution is 5.74. The first-order valence-corrected chi connectivity index (χ1v) is 32.5. The van der Waals surface area contributed by atoms with Gasteiger partial charge < -0.3 is 39.0 Å². The Bertz CT molecular complexity index is 1900. The van der Waals surface area contributed by atoms with Crippen LogP contribution in [0.1, 0.15) is 252 Å². The Morgan fingerprint density at radius 2 is 0.771 bits per heavy atom. The molecule has 1 saturated heterocycles. The van der Waals surface area contributed by atoms with Crippen molar-refractivity contribution < 1.29 is 58.2 Å². The van der Waals surface area contributed by atoms with Gasteiger partial charge in [-0.15, -0.1) is 0 Å². The number of unbranched alkanes of at least 4 members (excludes halogenated alkanes) is 20. The number of hydrogen-bond donors (Lipinski definition) is 3. The molecule has 0 aromatic heterocycles. The van der Waals surface area contributed by atoms with E-state index in [0.29, 0.717) is 25.7 Å². The molecule has 6 unspecified atom stereocenters. The fraction of sp³-hybridized carbons (Fsp3) is 0.662. The van der Waals surface area contributed by atoms with Crippen LogP contribution in [0.15, 0.2) is 122 Å². The van der Waals surface area contributed by atoms with Crippen molar-refractivity contribution in [1.82, 2.24) is 0 Å². The van der Waals surface area contributed by atoms with Gasteiger partial charge in [0.1, 0.15) is 18.8 Å². The fourth-order valence-electron chi connectivity index (χ4n) is 9.10. The first kappa shape index (κ1) is 76.1. The van der Waals surface area contributed by atoms with Crippen LogP contribution in [0.3, 0.4) is 0 Å². The lowest BCUT2D eigenvalue weighted by molar-refractivity contribution is -0.301. The average molecular weight is 1160 g/mol. The molecule has 0 radical (unpaired) electrons. The Kier molecular flexibility index (Phi) is 52.8. The van der Waals surface area contributed by atoms with Crippen LogP contribution in [0.4, 0.5) is 0 Å². The summed E-state index contributed by atoms with van der Waals surface area (Å²) < 4.78 is 28.5. The first-order chi connectivity index (χ1) is 40.6. The molecule has 83 heavy (non-hydrogen) atoms. The number of aliphatic hydroxyl groups excluding tert-OH is 2. The van der Waals surface area contributed by atoms with Gasteiger partial charge in [0.25, 0.3) is 0 Å². The quantitative estimate of drug-likeness (QED) is 0.0228. The number of esters is 3. The van der Waals surface area contributed by atoms with E-state index in [2.05, 4.69) is 136 Å². The number of carboxylic acids is 1. The van der Waals surface area contributed by atoms with E-state index in [-0.39, 0.29) is 25.9 Å². The minimum absolute atomic E-state index is 0.0432. The second-order valence-electron chi connectivity index (χ2n) is 21.6. The summed E-state index contributed by atoms with van der Waals surface area (Å²) in [4.78, 5) is 51.3. The molecule has 12 heteroatoms. The Hall–Kier alpha value is -4.88. The molecule has 1 fully saturated rings. The van der Waals surface area contributed by atoms with Gasteiger partial charge in [0.15, 0.2) is 24.6 Å². The van der Waals surface area contributed by atoms with E-state index in [9.17, 15) is 34.5 Å². The highest BCUT2D eigenvalue weighted by atomic mass is 16.7. The van der Waals surface area contributed by atoms with Crippen LogP contribution in [-0.4, -0.2) is 89.2 Å². The topological polar surface area (TPSA) is 175 Å². The van der Waals surface area contributed by atoms with Crippen LogP contribution < -0.4 is 0 Å². The maximum Gasteiger partial charge on any atom is 0.335 e. The number of carbonyl (C=O) groups excluding carboxylic acids is 3. The summed E-state index contributed by atoms with van der Waals surface area (Å²) >= 11 is 0. The summed E-state index contributed by atoms with van der Waals surface area (Å²) in [6.45, 7) is 5.70. The number of hydrogen-bond acceptors (Lipinski definition) is 11. The average Bonchev–Trinajstić information content (AvgIpc) is 3.58. The minimum atomic E-state index is -1.92. The maximum atomic E-state index is 13.2. The highest BCUT2D eigenvalue weighted by Gasteiger charge is 2.50. The largest absolute Gasteiger partial charge is 0.479 e. The van der Waals surface area contributed by atoms with Gasteiger partial charge in [-0.3, -0.25) is 14.4 Å². The smallest absolute Gasteiger partial charge is 0.335 e. The zero-order chi connectivity index (χ0) is 60.3. The lowest BCUT2D eigenvalue weighted by Gasteiger charge is -2.40. The Balaban J connectivity index is 2.70. The van der Waals surface area contributed by atoms with Gasteiger partial charge in [-0.25, -0.2) is 4.79 Å². The molecule has 0 aromatic rings. The molecule has 470 valence electrons. The van der Waals surface area contributed by atoms with Gasteiger partial charge in [-0.05, 0) is 122 Å². The van der Waals surface area contributed by atoms with E-state index in [1.165, 1.54) is 51.4 Å². The molecule has 12 nitrogen and oxygen atoms in total. The van der Waals surface area contributed by atoms with Gasteiger partial charge in [0.05, 0.1) is 6.61 Å². The molecule has 1 heterocycles. The van der Waals surface area contributed by atoms with E-state index in [0.717, 1.165) is 135 Å². The lowest BCUT2D eigenvalue weighted by atomic mass is 9.98. The molecule has 1 aliphatic heterocycles. The Labute approximate surface area is 503 Å². The second-order valence-corrected chi connectivity index (χ2v) is 21.6. The van der Waals surface area contributed by atoms with Crippen molar-refractivity contribution in [2.45, 2.75) is 289 Å². The van der Waals surface area contributed by atoms with Gasteiger partial charge >= 0.3 is 23.9 Å². The van der Waals surface area contributed by atoms with Crippen LogP contribution in [0.2, 0.25) is 0 Å². The molecular weight excluding hydrogens is 1040 g/mol. The van der Waals surface area contributed by atoms with Crippen molar-refractivity contribution in [3.63, 3.8) is 0 Å². The minimum Gasteiger partial charge on any atom is -0.479 e. The Morgan fingerprint density at radius 1 is 0.410 bits per heavy atom. The van der Waals surface area contributed by atoms with Gasteiger partial charge in [0.2, 0.25) is 0 Å². The van der Waals surface area contributed by atoms with Crippen LogP contribution in [0.25, 0.3) is 0 Å². The number of ether oxygens (including phenoxy) is 5. The summed E-state index contributed by atoms with van der Waals surface area (Å²) in [7, 11) is 0. The van der Waals surface area contributed by atoms with Crippen LogP contribution >= 0.6 is 0 Å². The van der Waals surface area contributed by atoms with Crippen LogP contribution in [-0.2, 0) is 42.9 Å². The van der Waals surface area contributed by atoms with Crippen molar-refractivity contribution in [3.05, 3.63) is 122 Å². The summed E-state index contributed by atoms with van der Waals surface area (Å²) in [5.41, 5.74) is 0. The third-order valence-electron chi connectivity index (χ3n) is 14.0. The zero-order valence-corrected chi connectivity index (χ0v) is 51.9. The normalized spacial score (nSPS) is 18.4. The van der Waals surface area contributed by atoms with Crippen molar-refractivity contribution in [2.75, 3.05) is 13.2 Å². The third-order valence-corrected chi connectivity index (χ3v) is 14.0. The number of rotatable bonds is 54. The summed E-state index contributed by atoms with van der Waals surface area (Å²) in [5, 5.41) is 31.6. The number of carboxylic acid groups (broad SMARTS) is 1. The number of aliphatic hydroxyl groups is 2. The van der Waals surface area contributed by atoms with Gasteiger partial charge in [0, 0.05) is 19.3 Å². The standard InChI is InChI=1S/C71H114O12/c1-4-7-10-13-16-19-22-25-28-31-32-35-38-41-44-47-50-53-56-59-65(74)82-69-67(76)66(75)68(70(77)78)83-71(69)80-61-62(81-64(73)58-55-52-49-46-43-40-37-34-30-27-24-21-18-15-12-9-6-3)60-79-63(72)57-54-51-48-45-42-39-36-33-29-26-23-20-17-14-11-8-5-2/h8-9,11-12,16-21,25-30,36,39,45,48,62,66-69,71,75-76H,4-7,10,13-15,22-24,31-35,37-38,40-44,46-47,49-61H2,1-3H3,(H,77,78)/b11-8-,12-9-,19-16-,20-17-,21-18-,28-25-,29-26-,30-27-,39-36-,48-45-. The third kappa shape index (κ3) is 47.1. The molecule has 1 rings (SSSR count). The molecular formula is C71H114O12. The van der Waals surface area contributed by atoms with E-state index in [4.69, 9.17) is 23.7 Å². The highest BCUT2D eigenvalue weighted by Crippen LogP contribution is 2.26. The monoisotopic (exact) mass is 1160 g/mol. The van der Waals surface area contributed by atoms with Gasteiger partial charge in [-0.1, -0.05) is 232 Å². The van der Waals surface area contributed by atoms with Crippen LogP contribution in [0.5, 0.6) is 0 Å². The summed E-state index contributed by atoms with van der Waals surface area (Å²) in [5.74, 6) is -3.22. The molecule has 0 amide bonds. The molecule has 0 spiro atoms. The van der Waals surface area contributed by atoms with Crippen LogP contribution in [0, 0.1) is 0 Å². The number of carbonyl (C=O) groups is 4.